The van der Waals surface area contributed by atoms with E-state index < -0.39 is 5.82 Å². The first-order valence-corrected chi connectivity index (χ1v) is 6.88. The van der Waals surface area contributed by atoms with Gasteiger partial charge in [-0.2, -0.15) is 0 Å². The van der Waals surface area contributed by atoms with Crippen molar-refractivity contribution >= 4 is 21.7 Å². The summed E-state index contributed by atoms with van der Waals surface area (Å²) >= 11 is 3.25. The van der Waals surface area contributed by atoms with Crippen LogP contribution >= 0.6 is 15.9 Å². The fourth-order valence-corrected chi connectivity index (χ4v) is 1.94. The summed E-state index contributed by atoms with van der Waals surface area (Å²) in [5, 5.41) is 0.577. The fourth-order valence-electron chi connectivity index (χ4n) is 1.60. The lowest BCUT2D eigenvalue weighted by Crippen LogP contribution is -2.12. The number of alkyl halides is 1. The van der Waals surface area contributed by atoms with Crippen LogP contribution in [0.5, 0.6) is 5.75 Å². The molecule has 0 saturated carbocycles. The lowest BCUT2D eigenvalue weighted by molar-refractivity contribution is 0.0919. The van der Waals surface area contributed by atoms with Crippen LogP contribution in [0.3, 0.4) is 0 Å². The Morgan fingerprint density at radius 3 is 2.53 bits per heavy atom. The second kappa shape index (κ2) is 6.48. The van der Waals surface area contributed by atoms with Crippen molar-refractivity contribution in [1.82, 2.24) is 0 Å². The van der Waals surface area contributed by atoms with Crippen LogP contribution in [0.15, 0.2) is 48.5 Å². The topological polar surface area (TPSA) is 26.3 Å². The first kappa shape index (κ1) is 13.7. The van der Waals surface area contributed by atoms with Crippen molar-refractivity contribution in [2.75, 3.05) is 6.61 Å². The highest BCUT2D eigenvalue weighted by Crippen LogP contribution is 2.19. The molecule has 0 fully saturated rings. The largest absolute Gasteiger partial charge is 0.482 e. The number of ketones is 1. The molecule has 2 aromatic carbocycles. The maximum Gasteiger partial charge on any atom is 0.200 e. The average Bonchev–Trinajstić information content (AvgIpc) is 2.46. The summed E-state index contributed by atoms with van der Waals surface area (Å²) in [5.41, 5.74) is 1.37. The van der Waals surface area contributed by atoms with E-state index in [2.05, 4.69) is 15.9 Å². The summed E-state index contributed by atoms with van der Waals surface area (Å²) in [6.45, 7) is -0.172. The number of carbonyl (C=O) groups is 1. The van der Waals surface area contributed by atoms with Gasteiger partial charge in [0.1, 0.15) is 0 Å². The lowest BCUT2D eigenvalue weighted by Gasteiger charge is -2.07. The molecule has 0 bridgehead atoms. The number of halogens is 2. The Kier molecular flexibility index (Phi) is 4.68. The first-order chi connectivity index (χ1) is 9.20. The third-order valence-electron chi connectivity index (χ3n) is 2.61. The molecule has 0 aromatic heterocycles. The minimum absolute atomic E-state index is 0.0916. The van der Waals surface area contributed by atoms with Gasteiger partial charge in [-0.3, -0.25) is 4.79 Å². The van der Waals surface area contributed by atoms with E-state index in [1.165, 1.54) is 12.1 Å². The smallest absolute Gasteiger partial charge is 0.200 e. The number of rotatable bonds is 5. The van der Waals surface area contributed by atoms with Gasteiger partial charge in [-0.05, 0) is 17.7 Å². The molecule has 4 heteroatoms. The van der Waals surface area contributed by atoms with Crippen molar-refractivity contribution in [3.63, 3.8) is 0 Å². The zero-order chi connectivity index (χ0) is 13.7. The lowest BCUT2D eigenvalue weighted by atomic mass is 10.1. The third kappa shape index (κ3) is 3.64. The number of hydrogen-bond donors (Lipinski definition) is 0. The van der Waals surface area contributed by atoms with Crippen LogP contribution in [-0.4, -0.2) is 12.4 Å². The van der Waals surface area contributed by atoms with E-state index in [1.54, 1.807) is 30.3 Å². The van der Waals surface area contributed by atoms with Crippen LogP contribution in [0.2, 0.25) is 0 Å². The van der Waals surface area contributed by atoms with Gasteiger partial charge in [0, 0.05) is 10.9 Å². The zero-order valence-corrected chi connectivity index (χ0v) is 11.7. The number of ether oxygens (including phenoxy) is 1. The molecule has 0 spiro atoms. The summed E-state index contributed by atoms with van der Waals surface area (Å²) in [7, 11) is 0. The van der Waals surface area contributed by atoms with Crippen molar-refractivity contribution < 1.29 is 13.9 Å². The SMILES string of the molecule is O=C(COc1ccc(CBr)cc1F)c1ccccc1. The molecule has 0 atom stereocenters. The number of hydrogen-bond acceptors (Lipinski definition) is 2. The van der Waals surface area contributed by atoms with Crippen LogP contribution in [0.1, 0.15) is 15.9 Å². The molecule has 0 heterocycles. The summed E-state index contributed by atoms with van der Waals surface area (Å²) in [5.74, 6) is -0.545. The van der Waals surface area contributed by atoms with Gasteiger partial charge in [0.25, 0.3) is 0 Å². The summed E-state index contributed by atoms with van der Waals surface area (Å²) in [4.78, 5) is 11.8. The molecule has 0 aliphatic rings. The standard InChI is InChI=1S/C15H12BrFO2/c16-9-11-6-7-15(13(17)8-11)19-10-14(18)12-4-2-1-3-5-12/h1-8H,9-10H2. The maximum atomic E-state index is 13.6. The van der Waals surface area contributed by atoms with Gasteiger partial charge in [-0.25, -0.2) is 4.39 Å². The second-order valence-electron chi connectivity index (χ2n) is 3.98. The summed E-state index contributed by atoms with van der Waals surface area (Å²) in [6.07, 6.45) is 0. The average molecular weight is 323 g/mol. The van der Waals surface area contributed by atoms with Gasteiger partial charge in [0.15, 0.2) is 24.0 Å². The predicted octanol–water partition coefficient (Wildman–Crippen LogP) is 3.98. The van der Waals surface area contributed by atoms with Gasteiger partial charge in [0.05, 0.1) is 0 Å². The molecule has 98 valence electrons. The van der Waals surface area contributed by atoms with Crippen LogP contribution in [-0.2, 0) is 5.33 Å². The van der Waals surface area contributed by atoms with Crippen molar-refractivity contribution in [1.29, 1.82) is 0 Å². The maximum absolute atomic E-state index is 13.6. The van der Waals surface area contributed by atoms with E-state index in [9.17, 15) is 9.18 Å². The Bertz CT molecular complexity index is 570. The van der Waals surface area contributed by atoms with Gasteiger partial charge < -0.3 is 4.74 Å². The molecular weight excluding hydrogens is 311 g/mol. The Labute approximate surface area is 119 Å². The third-order valence-corrected chi connectivity index (χ3v) is 3.25. The summed E-state index contributed by atoms with van der Waals surface area (Å²) < 4.78 is 18.8. The van der Waals surface area contributed by atoms with Gasteiger partial charge >= 0.3 is 0 Å². The molecule has 2 rings (SSSR count). The highest BCUT2D eigenvalue weighted by atomic mass is 79.9. The normalized spacial score (nSPS) is 10.2. The van der Waals surface area contributed by atoms with Crippen LogP contribution < -0.4 is 4.74 Å². The summed E-state index contributed by atoms with van der Waals surface area (Å²) in [6, 6.07) is 13.5. The molecule has 0 aliphatic heterocycles. The van der Waals surface area contributed by atoms with E-state index in [4.69, 9.17) is 4.74 Å². The molecule has 2 aromatic rings. The minimum atomic E-state index is -0.460. The molecule has 2 nitrogen and oxygen atoms in total. The Hall–Kier alpha value is -1.68. The fraction of sp³-hybridized carbons (Fsp3) is 0.133. The molecule has 0 radical (unpaired) electrons. The number of carbonyl (C=O) groups excluding carboxylic acids is 1. The number of benzene rings is 2. The van der Waals surface area contributed by atoms with E-state index in [1.807, 2.05) is 6.07 Å². The first-order valence-electron chi connectivity index (χ1n) is 5.76. The molecule has 0 aliphatic carbocycles. The van der Waals surface area contributed by atoms with Crippen LogP contribution in [0, 0.1) is 5.82 Å². The molecule has 19 heavy (non-hydrogen) atoms. The van der Waals surface area contributed by atoms with Crippen LogP contribution in [0.4, 0.5) is 4.39 Å². The van der Waals surface area contributed by atoms with Crippen molar-refractivity contribution in [3.8, 4) is 5.75 Å². The van der Waals surface area contributed by atoms with Gasteiger partial charge in [-0.15, -0.1) is 0 Å². The van der Waals surface area contributed by atoms with E-state index >= 15 is 0 Å². The second-order valence-corrected chi connectivity index (χ2v) is 4.54. The molecule has 0 N–H and O–H groups in total. The van der Waals surface area contributed by atoms with E-state index in [0.717, 1.165) is 5.56 Å². The van der Waals surface area contributed by atoms with Gasteiger partial charge in [-0.1, -0.05) is 52.3 Å². The Morgan fingerprint density at radius 2 is 1.89 bits per heavy atom. The molecule has 0 unspecified atom stereocenters. The van der Waals surface area contributed by atoms with Crippen LogP contribution in [0.25, 0.3) is 0 Å². The van der Waals surface area contributed by atoms with E-state index in [0.29, 0.717) is 10.9 Å². The predicted molar refractivity (Wildman–Crippen MR) is 75.3 cm³/mol. The highest BCUT2D eigenvalue weighted by Gasteiger charge is 2.09. The molecule has 0 amide bonds. The monoisotopic (exact) mass is 322 g/mol. The van der Waals surface area contributed by atoms with Crippen molar-refractivity contribution in [3.05, 3.63) is 65.5 Å². The van der Waals surface area contributed by atoms with Crippen molar-refractivity contribution in [2.45, 2.75) is 5.33 Å². The number of Topliss-reactive ketones (excluding diaryl/α,β-unsaturated/α-hetero) is 1. The quantitative estimate of drug-likeness (QED) is 0.614. The Morgan fingerprint density at radius 1 is 1.16 bits per heavy atom. The minimum Gasteiger partial charge on any atom is -0.482 e. The molecular formula is C15H12BrFO2. The Balaban J connectivity index is 2.01. The highest BCUT2D eigenvalue weighted by molar-refractivity contribution is 9.08. The van der Waals surface area contributed by atoms with Crippen molar-refractivity contribution in [2.24, 2.45) is 0 Å². The van der Waals surface area contributed by atoms with Gasteiger partial charge in [0.2, 0.25) is 0 Å². The van der Waals surface area contributed by atoms with E-state index in [-0.39, 0.29) is 18.1 Å². The molecule has 0 saturated heterocycles. The zero-order valence-electron chi connectivity index (χ0n) is 10.1.